The van der Waals surface area contributed by atoms with Gasteiger partial charge in [-0.05, 0) is 32.9 Å². The molecule has 0 aromatic heterocycles. The average Bonchev–Trinajstić information content (AvgIpc) is 2.39. The molecule has 6 nitrogen and oxygen atoms in total. The molecular formula is C15H21ClN4O2. The van der Waals surface area contributed by atoms with E-state index in [-0.39, 0.29) is 0 Å². The van der Waals surface area contributed by atoms with Crippen LogP contribution in [0.3, 0.4) is 0 Å². The first-order chi connectivity index (χ1) is 10.1. The third-order valence-electron chi connectivity index (χ3n) is 3.35. The summed E-state index contributed by atoms with van der Waals surface area (Å²) < 4.78 is 0. The molecule has 22 heavy (non-hydrogen) atoms. The molecule has 0 saturated heterocycles. The molecule has 3 N–H and O–H groups in total. The summed E-state index contributed by atoms with van der Waals surface area (Å²) in [6.07, 6.45) is -0.975. The molecule has 0 fully saturated rings. The molecule has 1 rings (SSSR count). The van der Waals surface area contributed by atoms with E-state index in [1.165, 1.54) is 11.0 Å². The third kappa shape index (κ3) is 4.18. The first-order valence-electron chi connectivity index (χ1n) is 6.78. The van der Waals surface area contributed by atoms with Crippen molar-refractivity contribution in [1.82, 2.24) is 4.90 Å². The van der Waals surface area contributed by atoms with Crippen molar-refractivity contribution in [3.8, 4) is 6.07 Å². The zero-order chi connectivity index (χ0) is 17.1. The Balaban J connectivity index is 2.95. The monoisotopic (exact) mass is 324 g/mol. The van der Waals surface area contributed by atoms with E-state index in [0.717, 1.165) is 0 Å². The number of rotatable bonds is 4. The summed E-state index contributed by atoms with van der Waals surface area (Å²) in [5.74, 6) is 0. The number of nitriles is 1. The van der Waals surface area contributed by atoms with Crippen molar-refractivity contribution in [3.63, 3.8) is 0 Å². The van der Waals surface area contributed by atoms with E-state index in [1.54, 1.807) is 18.0 Å². The van der Waals surface area contributed by atoms with Crippen LogP contribution in [0.1, 0.15) is 26.3 Å². The maximum Gasteiger partial charge on any atom is 0.407 e. The Morgan fingerprint density at radius 2 is 2.00 bits per heavy atom. The summed E-state index contributed by atoms with van der Waals surface area (Å²) >= 11 is 6.01. The number of nitrogens with two attached hydrogens (primary N) is 1. The van der Waals surface area contributed by atoms with Gasteiger partial charge in [-0.15, -0.1) is 0 Å². The zero-order valence-corrected chi connectivity index (χ0v) is 14.0. The summed E-state index contributed by atoms with van der Waals surface area (Å²) in [7, 11) is 1.78. The average molecular weight is 325 g/mol. The fourth-order valence-corrected chi connectivity index (χ4v) is 2.23. The van der Waals surface area contributed by atoms with Crippen molar-refractivity contribution in [2.45, 2.75) is 26.3 Å². The van der Waals surface area contributed by atoms with E-state index in [9.17, 15) is 15.2 Å². The molecule has 0 spiro atoms. The third-order valence-corrected chi connectivity index (χ3v) is 3.67. The highest BCUT2D eigenvalue weighted by Gasteiger charge is 2.26. The Morgan fingerprint density at radius 3 is 2.45 bits per heavy atom. The number of nitrogen functional groups attached to an aromatic ring is 1. The number of carbonyl (C=O) groups is 1. The van der Waals surface area contributed by atoms with Crippen LogP contribution < -0.4 is 10.6 Å². The van der Waals surface area contributed by atoms with Crippen LogP contribution in [0.25, 0.3) is 0 Å². The minimum absolute atomic E-state index is 0.308. The van der Waals surface area contributed by atoms with Gasteiger partial charge in [-0.1, -0.05) is 11.6 Å². The van der Waals surface area contributed by atoms with E-state index >= 15 is 0 Å². The predicted octanol–water partition coefficient (Wildman–Crippen LogP) is 3.01. The van der Waals surface area contributed by atoms with Crippen LogP contribution in [0.15, 0.2) is 12.1 Å². The first kappa shape index (κ1) is 17.9. The molecule has 1 amide bonds. The van der Waals surface area contributed by atoms with Crippen LogP contribution in [-0.4, -0.2) is 41.8 Å². The van der Waals surface area contributed by atoms with Gasteiger partial charge in [0.2, 0.25) is 0 Å². The minimum atomic E-state index is -0.975. The van der Waals surface area contributed by atoms with Gasteiger partial charge in [-0.25, -0.2) is 4.79 Å². The minimum Gasteiger partial charge on any atom is -0.465 e. The lowest BCUT2D eigenvalue weighted by Crippen LogP contribution is -2.48. The zero-order valence-electron chi connectivity index (χ0n) is 13.2. The molecule has 0 heterocycles. The summed E-state index contributed by atoms with van der Waals surface area (Å²) in [6.45, 7) is 6.24. The van der Waals surface area contributed by atoms with Gasteiger partial charge in [0.1, 0.15) is 6.07 Å². The largest absolute Gasteiger partial charge is 0.465 e. The smallest absolute Gasteiger partial charge is 0.407 e. The molecule has 1 aromatic carbocycles. The van der Waals surface area contributed by atoms with Gasteiger partial charge in [-0.3, -0.25) is 0 Å². The van der Waals surface area contributed by atoms with Gasteiger partial charge in [0.15, 0.2) is 0 Å². The number of nitrogens with zero attached hydrogens (tertiary/aromatic N) is 3. The number of hydrogen-bond donors (Lipinski definition) is 2. The Hall–Kier alpha value is -2.13. The summed E-state index contributed by atoms with van der Waals surface area (Å²) in [5.41, 5.74) is 6.58. The summed E-state index contributed by atoms with van der Waals surface area (Å²) in [6, 6.07) is 5.22. The molecule has 0 bridgehead atoms. The molecule has 0 atom stereocenters. The molecular weight excluding hydrogens is 304 g/mol. The number of likely N-dealkylation sites (N-methyl/N-ethyl adjacent to an activating group) is 1. The van der Waals surface area contributed by atoms with Crippen LogP contribution >= 0.6 is 11.6 Å². The number of benzene rings is 1. The number of halogens is 1. The van der Waals surface area contributed by atoms with Crippen LogP contribution in [0.2, 0.25) is 5.02 Å². The van der Waals surface area contributed by atoms with E-state index in [2.05, 4.69) is 6.07 Å². The second-order valence-electron chi connectivity index (χ2n) is 6.03. The normalized spacial score (nSPS) is 10.9. The van der Waals surface area contributed by atoms with Crippen molar-refractivity contribution in [1.29, 1.82) is 5.26 Å². The fourth-order valence-electron chi connectivity index (χ4n) is 2.07. The number of hydrogen-bond acceptors (Lipinski definition) is 4. The van der Waals surface area contributed by atoms with E-state index in [0.29, 0.717) is 35.1 Å². The SMILES string of the molecule is CN(CCN(C(=O)O)C(C)(C)C)c1cc(Cl)c(N)cc1C#N. The van der Waals surface area contributed by atoms with Crippen molar-refractivity contribution >= 4 is 29.1 Å². The van der Waals surface area contributed by atoms with Gasteiger partial charge >= 0.3 is 6.09 Å². The fraction of sp³-hybridized carbons (Fsp3) is 0.467. The molecule has 0 aliphatic heterocycles. The lowest BCUT2D eigenvalue weighted by molar-refractivity contribution is 0.102. The highest BCUT2D eigenvalue weighted by molar-refractivity contribution is 6.33. The molecule has 0 aliphatic carbocycles. The number of amides is 1. The molecule has 120 valence electrons. The Kier molecular flexibility index (Phi) is 5.50. The second-order valence-corrected chi connectivity index (χ2v) is 6.44. The Bertz CT molecular complexity index is 605. The molecule has 0 unspecified atom stereocenters. The summed E-state index contributed by atoms with van der Waals surface area (Å²) in [4.78, 5) is 14.5. The van der Waals surface area contributed by atoms with Crippen molar-refractivity contribution < 1.29 is 9.90 Å². The van der Waals surface area contributed by atoms with E-state index in [1.807, 2.05) is 20.8 Å². The first-order valence-corrected chi connectivity index (χ1v) is 7.16. The van der Waals surface area contributed by atoms with E-state index in [4.69, 9.17) is 17.3 Å². The molecule has 1 aromatic rings. The van der Waals surface area contributed by atoms with Crippen LogP contribution in [0.4, 0.5) is 16.2 Å². The van der Waals surface area contributed by atoms with E-state index < -0.39 is 11.6 Å². The lowest BCUT2D eigenvalue weighted by Gasteiger charge is -2.34. The topological polar surface area (TPSA) is 93.6 Å². The molecule has 0 saturated carbocycles. The molecule has 7 heteroatoms. The molecule has 0 radical (unpaired) electrons. The molecule has 0 aliphatic rings. The maximum atomic E-state index is 11.3. The predicted molar refractivity (Wildman–Crippen MR) is 88.3 cm³/mol. The number of anilines is 2. The van der Waals surface area contributed by atoms with Crippen LogP contribution in [0.5, 0.6) is 0 Å². The van der Waals surface area contributed by atoms with Gasteiger partial charge < -0.3 is 20.6 Å². The maximum absolute atomic E-state index is 11.3. The second kappa shape index (κ2) is 6.75. The Morgan fingerprint density at radius 1 is 1.41 bits per heavy atom. The van der Waals surface area contributed by atoms with Crippen molar-refractivity contribution in [3.05, 3.63) is 22.7 Å². The van der Waals surface area contributed by atoms with Gasteiger partial charge in [-0.2, -0.15) is 5.26 Å². The van der Waals surface area contributed by atoms with Crippen LogP contribution in [0, 0.1) is 11.3 Å². The summed E-state index contributed by atoms with van der Waals surface area (Å²) in [5, 5.41) is 18.9. The quantitative estimate of drug-likeness (QED) is 0.830. The highest BCUT2D eigenvalue weighted by atomic mass is 35.5. The number of carboxylic acid groups (broad SMARTS) is 1. The van der Waals surface area contributed by atoms with Crippen molar-refractivity contribution in [2.75, 3.05) is 30.8 Å². The van der Waals surface area contributed by atoms with Gasteiger partial charge in [0.05, 0.1) is 22.0 Å². The standard InChI is InChI=1S/C15H21ClN4O2/c1-15(2,3)20(14(21)22)6-5-19(4)13-8-11(16)12(18)7-10(13)9-17/h7-8H,5-6,18H2,1-4H3,(H,21,22). The van der Waals surface area contributed by atoms with Gasteiger partial charge in [0.25, 0.3) is 0 Å². The Labute approximate surface area is 135 Å². The van der Waals surface area contributed by atoms with Crippen molar-refractivity contribution in [2.24, 2.45) is 0 Å². The lowest BCUT2D eigenvalue weighted by atomic mass is 10.1. The highest BCUT2D eigenvalue weighted by Crippen LogP contribution is 2.29. The van der Waals surface area contributed by atoms with Crippen LogP contribution in [-0.2, 0) is 0 Å². The van der Waals surface area contributed by atoms with Gasteiger partial charge in [0, 0.05) is 25.7 Å².